The normalized spacial score (nSPS) is 15.1. The number of amides is 1. The molecule has 1 aliphatic heterocycles. The van der Waals surface area contributed by atoms with Crippen LogP contribution in [0.4, 0.5) is 0 Å². The number of hydrogen-bond donors (Lipinski definition) is 1. The number of nitrogens with zero attached hydrogens (tertiary/aromatic N) is 3. The van der Waals surface area contributed by atoms with E-state index in [1.54, 1.807) is 0 Å². The van der Waals surface area contributed by atoms with Crippen LogP contribution in [0.2, 0.25) is 0 Å². The summed E-state index contributed by atoms with van der Waals surface area (Å²) in [6.45, 7) is 2.80. The van der Waals surface area contributed by atoms with Crippen LogP contribution in [0.3, 0.4) is 0 Å². The average Bonchev–Trinajstić information content (AvgIpc) is 2.90. The van der Waals surface area contributed by atoms with E-state index in [0.29, 0.717) is 12.3 Å². The molecule has 5 nitrogen and oxygen atoms in total. The molecule has 1 N–H and O–H groups in total. The van der Waals surface area contributed by atoms with Gasteiger partial charge in [0.25, 0.3) is 0 Å². The molecule has 1 amide bonds. The molecule has 1 fully saturated rings. The molecule has 0 radical (unpaired) electrons. The molecule has 1 saturated heterocycles. The number of pyridine rings is 1. The Hall–Kier alpha value is -1.30. The largest absolute Gasteiger partial charge is 0.342 e. The smallest absolute Gasteiger partial charge is 0.228 e. The Morgan fingerprint density at radius 1 is 1.30 bits per heavy atom. The first kappa shape index (κ1) is 19.7. The lowest BCUT2D eigenvalue weighted by atomic mass is 9.96. The summed E-state index contributed by atoms with van der Waals surface area (Å²) in [7, 11) is 1.99. The fourth-order valence-electron chi connectivity index (χ4n) is 3.01. The van der Waals surface area contributed by atoms with Crippen molar-refractivity contribution in [2.45, 2.75) is 19.3 Å². The zero-order chi connectivity index (χ0) is 14.7. The molecule has 3 rings (SSSR count). The van der Waals surface area contributed by atoms with Gasteiger partial charge in [-0.15, -0.1) is 24.8 Å². The maximum atomic E-state index is 12.4. The molecule has 0 unspecified atom stereocenters. The van der Waals surface area contributed by atoms with Crippen LogP contribution < -0.4 is 5.32 Å². The van der Waals surface area contributed by atoms with Crippen LogP contribution in [0.1, 0.15) is 18.5 Å². The highest BCUT2D eigenvalue weighted by atomic mass is 35.5. The Morgan fingerprint density at radius 3 is 2.70 bits per heavy atom. The van der Waals surface area contributed by atoms with Crippen molar-refractivity contribution in [3.8, 4) is 0 Å². The summed E-state index contributed by atoms with van der Waals surface area (Å²) in [5, 5.41) is 3.22. The van der Waals surface area contributed by atoms with Crippen molar-refractivity contribution in [1.29, 1.82) is 0 Å². The number of halogens is 2. The van der Waals surface area contributed by atoms with Crippen LogP contribution in [0.15, 0.2) is 30.6 Å². The summed E-state index contributed by atoms with van der Waals surface area (Å²) in [5.74, 6) is 0.899. The zero-order valence-corrected chi connectivity index (χ0v) is 14.9. The molecular weight excluding hydrogens is 335 g/mol. The summed E-state index contributed by atoms with van der Waals surface area (Å²) in [4.78, 5) is 18.8. The van der Waals surface area contributed by atoms with E-state index in [4.69, 9.17) is 0 Å². The quantitative estimate of drug-likeness (QED) is 0.910. The third kappa shape index (κ3) is 4.83. The SMILES string of the molecule is CNCC1CCN(C(=O)Cc2cn3ccccc3n2)CC1.Cl.Cl. The predicted molar refractivity (Wildman–Crippen MR) is 96.6 cm³/mol. The van der Waals surface area contributed by atoms with Gasteiger partial charge in [0, 0.05) is 25.5 Å². The molecule has 128 valence electrons. The highest BCUT2D eigenvalue weighted by molar-refractivity contribution is 5.85. The fraction of sp³-hybridized carbons (Fsp3) is 0.500. The van der Waals surface area contributed by atoms with Crippen LogP contribution in [0.25, 0.3) is 5.65 Å². The Kier molecular flexibility index (Phi) is 7.82. The van der Waals surface area contributed by atoms with Gasteiger partial charge in [-0.25, -0.2) is 4.98 Å². The number of piperidine rings is 1. The van der Waals surface area contributed by atoms with E-state index in [9.17, 15) is 4.79 Å². The van der Waals surface area contributed by atoms with Gasteiger partial charge in [-0.05, 0) is 44.5 Å². The molecule has 0 bridgehead atoms. The summed E-state index contributed by atoms with van der Waals surface area (Å²) < 4.78 is 1.96. The Labute approximate surface area is 149 Å². The number of hydrogen-bond acceptors (Lipinski definition) is 3. The zero-order valence-electron chi connectivity index (χ0n) is 13.3. The molecular formula is C16H24Cl2N4O. The van der Waals surface area contributed by atoms with Crippen molar-refractivity contribution in [2.24, 2.45) is 5.92 Å². The van der Waals surface area contributed by atoms with Gasteiger partial charge in [-0.1, -0.05) is 6.07 Å². The molecule has 3 heterocycles. The number of imidazole rings is 1. The van der Waals surface area contributed by atoms with Crippen LogP contribution in [-0.4, -0.2) is 46.9 Å². The van der Waals surface area contributed by atoms with E-state index in [1.807, 2.05) is 46.9 Å². The number of rotatable bonds is 4. The predicted octanol–water partition coefficient (Wildman–Crippen LogP) is 2.18. The maximum Gasteiger partial charge on any atom is 0.228 e. The summed E-state index contributed by atoms with van der Waals surface area (Å²) in [6, 6.07) is 5.88. The number of aromatic nitrogens is 2. The monoisotopic (exact) mass is 358 g/mol. The molecule has 0 saturated carbocycles. The molecule has 23 heavy (non-hydrogen) atoms. The van der Waals surface area contributed by atoms with E-state index < -0.39 is 0 Å². The van der Waals surface area contributed by atoms with Crippen molar-refractivity contribution in [1.82, 2.24) is 19.6 Å². The van der Waals surface area contributed by atoms with Gasteiger partial charge in [0.15, 0.2) is 0 Å². The van der Waals surface area contributed by atoms with Crippen molar-refractivity contribution in [3.63, 3.8) is 0 Å². The number of fused-ring (bicyclic) bond motifs is 1. The fourth-order valence-corrected chi connectivity index (χ4v) is 3.01. The van der Waals surface area contributed by atoms with Crippen LogP contribution in [0.5, 0.6) is 0 Å². The second-order valence-corrected chi connectivity index (χ2v) is 5.76. The summed E-state index contributed by atoms with van der Waals surface area (Å²) >= 11 is 0. The van der Waals surface area contributed by atoms with E-state index in [1.165, 1.54) is 0 Å². The van der Waals surface area contributed by atoms with Gasteiger partial charge in [-0.3, -0.25) is 4.79 Å². The number of carbonyl (C=O) groups is 1. The molecule has 2 aromatic rings. The number of nitrogens with one attached hydrogen (secondary N) is 1. The topological polar surface area (TPSA) is 49.6 Å². The Bertz CT molecular complexity index is 590. The van der Waals surface area contributed by atoms with Gasteiger partial charge in [0.2, 0.25) is 5.91 Å². The van der Waals surface area contributed by atoms with Crippen molar-refractivity contribution in [3.05, 3.63) is 36.3 Å². The van der Waals surface area contributed by atoms with E-state index >= 15 is 0 Å². The molecule has 0 atom stereocenters. The van der Waals surface area contributed by atoms with E-state index in [0.717, 1.165) is 43.8 Å². The van der Waals surface area contributed by atoms with Gasteiger partial charge < -0.3 is 14.6 Å². The van der Waals surface area contributed by atoms with Crippen LogP contribution in [0, 0.1) is 5.92 Å². The molecule has 1 aliphatic rings. The van der Waals surface area contributed by atoms with E-state index in [-0.39, 0.29) is 30.7 Å². The summed E-state index contributed by atoms with van der Waals surface area (Å²) in [5.41, 5.74) is 1.75. The second kappa shape index (κ2) is 9.11. The first-order valence-corrected chi connectivity index (χ1v) is 7.61. The van der Waals surface area contributed by atoms with Gasteiger partial charge >= 0.3 is 0 Å². The van der Waals surface area contributed by atoms with Gasteiger partial charge in [0.1, 0.15) is 5.65 Å². The first-order chi connectivity index (χ1) is 10.3. The third-order valence-corrected chi connectivity index (χ3v) is 4.21. The first-order valence-electron chi connectivity index (χ1n) is 7.61. The Morgan fingerprint density at radius 2 is 2.04 bits per heavy atom. The van der Waals surface area contributed by atoms with Gasteiger partial charge in [-0.2, -0.15) is 0 Å². The standard InChI is InChI=1S/C16H22N4O.2ClH/c1-17-11-13-5-8-19(9-6-13)16(21)10-14-12-20-7-3-2-4-15(20)18-14;;/h2-4,7,12-13,17H,5-6,8-11H2,1H3;2*1H. The highest BCUT2D eigenvalue weighted by Crippen LogP contribution is 2.17. The van der Waals surface area contributed by atoms with Gasteiger partial charge in [0.05, 0.1) is 12.1 Å². The number of likely N-dealkylation sites (tertiary alicyclic amines) is 1. The minimum atomic E-state index is 0. The van der Waals surface area contributed by atoms with Crippen LogP contribution >= 0.6 is 24.8 Å². The van der Waals surface area contributed by atoms with Crippen molar-refractivity contribution >= 4 is 36.4 Å². The van der Waals surface area contributed by atoms with E-state index in [2.05, 4.69) is 10.3 Å². The molecule has 7 heteroatoms. The maximum absolute atomic E-state index is 12.4. The minimum Gasteiger partial charge on any atom is -0.342 e. The number of carbonyl (C=O) groups excluding carboxylic acids is 1. The average molecular weight is 359 g/mol. The minimum absolute atomic E-state index is 0. The lowest BCUT2D eigenvalue weighted by Gasteiger charge is -2.31. The lowest BCUT2D eigenvalue weighted by Crippen LogP contribution is -2.41. The molecule has 2 aromatic heterocycles. The molecule has 0 aromatic carbocycles. The van der Waals surface area contributed by atoms with Crippen molar-refractivity contribution in [2.75, 3.05) is 26.7 Å². The van der Waals surface area contributed by atoms with Crippen molar-refractivity contribution < 1.29 is 4.79 Å². The second-order valence-electron chi connectivity index (χ2n) is 5.76. The Balaban J connectivity index is 0.00000132. The van der Waals surface area contributed by atoms with Crippen LogP contribution in [-0.2, 0) is 11.2 Å². The lowest BCUT2D eigenvalue weighted by molar-refractivity contribution is -0.131. The summed E-state index contributed by atoms with van der Waals surface area (Å²) in [6.07, 6.45) is 6.49. The highest BCUT2D eigenvalue weighted by Gasteiger charge is 2.22. The third-order valence-electron chi connectivity index (χ3n) is 4.21. The molecule has 0 aliphatic carbocycles. The molecule has 0 spiro atoms.